The highest BCUT2D eigenvalue weighted by molar-refractivity contribution is 7.92. The summed E-state index contributed by atoms with van der Waals surface area (Å²) in [4.78, 5) is 12.7. The summed E-state index contributed by atoms with van der Waals surface area (Å²) in [6.07, 6.45) is 0. The summed E-state index contributed by atoms with van der Waals surface area (Å²) in [7, 11) is -1.48. The normalized spacial score (nSPS) is 11.1. The van der Waals surface area contributed by atoms with Crippen LogP contribution in [0.25, 0.3) is 0 Å². The van der Waals surface area contributed by atoms with Gasteiger partial charge in [0.15, 0.2) is 0 Å². The average molecular weight is 477 g/mol. The lowest BCUT2D eigenvalue weighted by Crippen LogP contribution is -2.38. The first-order valence-electron chi connectivity index (χ1n) is 9.72. The summed E-state index contributed by atoms with van der Waals surface area (Å²) < 4.78 is 65.6. The number of benzene rings is 3. The van der Waals surface area contributed by atoms with E-state index in [4.69, 9.17) is 9.47 Å². The number of amides is 1. The van der Waals surface area contributed by atoms with E-state index in [1.165, 1.54) is 38.5 Å². The van der Waals surface area contributed by atoms with E-state index in [2.05, 4.69) is 5.32 Å². The van der Waals surface area contributed by atoms with E-state index in [9.17, 15) is 22.0 Å². The lowest BCUT2D eigenvalue weighted by atomic mass is 10.2. The van der Waals surface area contributed by atoms with Gasteiger partial charge in [-0.1, -0.05) is 17.7 Å². The Bertz CT molecular complexity index is 1260. The van der Waals surface area contributed by atoms with Crippen molar-refractivity contribution in [2.24, 2.45) is 0 Å². The first-order valence-corrected chi connectivity index (χ1v) is 11.2. The number of nitrogens with zero attached hydrogens (tertiary/aromatic N) is 1. The van der Waals surface area contributed by atoms with Crippen LogP contribution in [0.4, 0.5) is 20.2 Å². The largest absolute Gasteiger partial charge is 0.497 e. The van der Waals surface area contributed by atoms with Gasteiger partial charge < -0.3 is 14.8 Å². The van der Waals surface area contributed by atoms with Crippen LogP contribution >= 0.6 is 0 Å². The molecule has 0 radical (unpaired) electrons. The Kier molecular flexibility index (Phi) is 7.17. The van der Waals surface area contributed by atoms with E-state index in [0.717, 1.165) is 22.0 Å². The highest BCUT2D eigenvalue weighted by atomic mass is 32.2. The van der Waals surface area contributed by atoms with Crippen molar-refractivity contribution < 1.29 is 31.5 Å². The van der Waals surface area contributed by atoms with Crippen LogP contribution in [-0.2, 0) is 14.8 Å². The first-order chi connectivity index (χ1) is 15.6. The molecule has 1 N–H and O–H groups in total. The number of rotatable bonds is 8. The number of anilines is 2. The summed E-state index contributed by atoms with van der Waals surface area (Å²) in [5.41, 5.74) is 0.614. The molecule has 0 unspecified atom stereocenters. The topological polar surface area (TPSA) is 84.9 Å². The van der Waals surface area contributed by atoms with Crippen LogP contribution in [0, 0.1) is 18.6 Å². The Morgan fingerprint density at radius 3 is 2.27 bits per heavy atom. The van der Waals surface area contributed by atoms with Gasteiger partial charge in [0, 0.05) is 12.1 Å². The highest BCUT2D eigenvalue weighted by Crippen LogP contribution is 2.35. The van der Waals surface area contributed by atoms with E-state index in [1.807, 2.05) is 6.92 Å². The number of carbonyl (C=O) groups is 1. The van der Waals surface area contributed by atoms with Gasteiger partial charge in [0.25, 0.3) is 10.0 Å². The molecule has 3 rings (SSSR count). The van der Waals surface area contributed by atoms with Crippen molar-refractivity contribution in [1.82, 2.24) is 0 Å². The molecule has 3 aromatic carbocycles. The number of methoxy groups -OCH3 is 2. The van der Waals surface area contributed by atoms with E-state index in [-0.39, 0.29) is 22.0 Å². The predicted octanol–water partition coefficient (Wildman–Crippen LogP) is 4.12. The van der Waals surface area contributed by atoms with Gasteiger partial charge in [-0.25, -0.2) is 17.2 Å². The van der Waals surface area contributed by atoms with Crippen molar-refractivity contribution in [2.45, 2.75) is 11.8 Å². The third-order valence-corrected chi connectivity index (χ3v) is 6.53. The van der Waals surface area contributed by atoms with Gasteiger partial charge in [-0.2, -0.15) is 0 Å². The molecule has 0 aliphatic rings. The molecule has 174 valence electrons. The molecule has 0 fully saturated rings. The Hall–Kier alpha value is -3.66. The van der Waals surface area contributed by atoms with Crippen LogP contribution in [0.2, 0.25) is 0 Å². The number of nitrogens with one attached hydrogen (secondary N) is 1. The molecular weight excluding hydrogens is 454 g/mol. The minimum Gasteiger partial charge on any atom is -0.497 e. The second-order valence-corrected chi connectivity index (χ2v) is 8.90. The van der Waals surface area contributed by atoms with Crippen molar-refractivity contribution >= 4 is 27.3 Å². The van der Waals surface area contributed by atoms with Gasteiger partial charge in [0.2, 0.25) is 5.91 Å². The maximum atomic E-state index is 14.0. The monoisotopic (exact) mass is 476 g/mol. The van der Waals surface area contributed by atoms with Crippen molar-refractivity contribution in [3.8, 4) is 11.5 Å². The molecule has 0 aliphatic carbocycles. The minimum absolute atomic E-state index is 0.0483. The van der Waals surface area contributed by atoms with Crippen LogP contribution in [0.5, 0.6) is 11.5 Å². The van der Waals surface area contributed by atoms with Crippen molar-refractivity contribution in [3.63, 3.8) is 0 Å². The zero-order valence-corrected chi connectivity index (χ0v) is 18.9. The van der Waals surface area contributed by atoms with Gasteiger partial charge >= 0.3 is 0 Å². The molecule has 0 saturated heterocycles. The second-order valence-electron chi connectivity index (χ2n) is 7.03. The number of hydrogen-bond donors (Lipinski definition) is 1. The summed E-state index contributed by atoms with van der Waals surface area (Å²) in [5, 5.41) is 2.28. The molecule has 0 aliphatic heterocycles. The third-order valence-electron chi connectivity index (χ3n) is 4.76. The molecule has 0 spiro atoms. The standard InChI is InChI=1S/C23H22F2N2O5S/c1-15-4-8-18(9-5-15)33(29,30)27(21-13-17(31-2)7-11-22(21)32-3)14-23(28)26-20-10-6-16(24)12-19(20)25/h4-13H,14H2,1-3H3,(H,26,28). The summed E-state index contributed by atoms with van der Waals surface area (Å²) >= 11 is 0. The molecule has 7 nitrogen and oxygen atoms in total. The Labute approximate surface area is 190 Å². The molecule has 1 amide bonds. The smallest absolute Gasteiger partial charge is 0.264 e. The van der Waals surface area contributed by atoms with Gasteiger partial charge in [-0.05, 0) is 43.3 Å². The van der Waals surface area contributed by atoms with Crippen LogP contribution < -0.4 is 19.1 Å². The molecule has 3 aromatic rings. The van der Waals surface area contributed by atoms with E-state index in [1.54, 1.807) is 18.2 Å². The summed E-state index contributed by atoms with van der Waals surface area (Å²) in [6.45, 7) is 1.10. The fourth-order valence-corrected chi connectivity index (χ4v) is 4.46. The third kappa shape index (κ3) is 5.40. The van der Waals surface area contributed by atoms with E-state index < -0.39 is 34.1 Å². The summed E-state index contributed by atoms with van der Waals surface area (Å²) in [6, 6.07) is 13.2. The Morgan fingerprint density at radius 1 is 0.970 bits per heavy atom. The molecule has 0 aromatic heterocycles. The molecular formula is C23H22F2N2O5S. The maximum absolute atomic E-state index is 14.0. The average Bonchev–Trinajstić information content (AvgIpc) is 2.79. The lowest BCUT2D eigenvalue weighted by Gasteiger charge is -2.26. The number of aryl methyl sites for hydroxylation is 1. The van der Waals surface area contributed by atoms with Gasteiger partial charge in [0.1, 0.15) is 29.7 Å². The fourth-order valence-electron chi connectivity index (χ4n) is 3.04. The van der Waals surface area contributed by atoms with Crippen molar-refractivity contribution in [1.29, 1.82) is 0 Å². The van der Waals surface area contributed by atoms with Crippen LogP contribution in [0.3, 0.4) is 0 Å². The molecule has 33 heavy (non-hydrogen) atoms. The fraction of sp³-hybridized carbons (Fsp3) is 0.174. The lowest BCUT2D eigenvalue weighted by molar-refractivity contribution is -0.114. The quantitative estimate of drug-likeness (QED) is 0.529. The predicted molar refractivity (Wildman–Crippen MR) is 120 cm³/mol. The van der Waals surface area contributed by atoms with Crippen molar-refractivity contribution in [2.75, 3.05) is 30.4 Å². The highest BCUT2D eigenvalue weighted by Gasteiger charge is 2.30. The van der Waals surface area contributed by atoms with Gasteiger partial charge in [0.05, 0.1) is 30.5 Å². The first kappa shape index (κ1) is 24.0. The minimum atomic E-state index is -4.25. The van der Waals surface area contributed by atoms with Crippen LogP contribution in [0.1, 0.15) is 5.56 Å². The number of sulfonamides is 1. The summed E-state index contributed by atoms with van der Waals surface area (Å²) in [5.74, 6) is -2.14. The number of ether oxygens (including phenoxy) is 2. The number of hydrogen-bond acceptors (Lipinski definition) is 5. The number of carbonyl (C=O) groups excluding carboxylic acids is 1. The van der Waals surface area contributed by atoms with Crippen LogP contribution in [-0.4, -0.2) is 35.1 Å². The van der Waals surface area contributed by atoms with E-state index >= 15 is 0 Å². The molecule has 0 heterocycles. The maximum Gasteiger partial charge on any atom is 0.264 e. The second kappa shape index (κ2) is 9.86. The van der Waals surface area contributed by atoms with Gasteiger partial charge in [-0.15, -0.1) is 0 Å². The zero-order valence-electron chi connectivity index (χ0n) is 18.1. The Balaban J connectivity index is 2.05. The Morgan fingerprint density at radius 2 is 1.67 bits per heavy atom. The van der Waals surface area contributed by atoms with E-state index in [0.29, 0.717) is 11.8 Å². The van der Waals surface area contributed by atoms with Crippen LogP contribution in [0.15, 0.2) is 65.6 Å². The number of halogens is 2. The van der Waals surface area contributed by atoms with Crippen molar-refractivity contribution in [3.05, 3.63) is 77.9 Å². The molecule has 10 heteroatoms. The molecule has 0 bridgehead atoms. The van der Waals surface area contributed by atoms with Gasteiger partial charge in [-0.3, -0.25) is 9.10 Å². The molecule has 0 saturated carbocycles. The molecule has 0 atom stereocenters. The zero-order chi connectivity index (χ0) is 24.2. The SMILES string of the molecule is COc1ccc(OC)c(N(CC(=O)Nc2ccc(F)cc2F)S(=O)(=O)c2ccc(C)cc2)c1.